The van der Waals surface area contributed by atoms with E-state index < -0.39 is 0 Å². The number of imidazole rings is 1. The Labute approximate surface area is 158 Å². The number of fused-ring (bicyclic) bond motifs is 1. The highest BCUT2D eigenvalue weighted by atomic mass is 16.2. The van der Waals surface area contributed by atoms with Crippen LogP contribution in [-0.4, -0.2) is 42.1 Å². The van der Waals surface area contributed by atoms with Crippen molar-refractivity contribution in [3.63, 3.8) is 0 Å². The van der Waals surface area contributed by atoms with E-state index >= 15 is 0 Å². The van der Waals surface area contributed by atoms with E-state index in [0.717, 1.165) is 36.2 Å². The first-order valence-corrected chi connectivity index (χ1v) is 9.41. The maximum Gasteiger partial charge on any atom is 0.234 e. The lowest BCUT2D eigenvalue weighted by atomic mass is 10.0. The molecule has 140 valence electrons. The van der Waals surface area contributed by atoms with Gasteiger partial charge in [-0.3, -0.25) is 4.79 Å². The second kappa shape index (κ2) is 7.90. The average molecular weight is 363 g/mol. The molecule has 1 fully saturated rings. The highest BCUT2D eigenvalue weighted by Crippen LogP contribution is 2.24. The molecule has 1 amide bonds. The minimum absolute atomic E-state index is 0.0279. The maximum absolute atomic E-state index is 11.7. The molecular weight excluding hydrogens is 338 g/mol. The Morgan fingerprint density at radius 2 is 2.04 bits per heavy atom. The van der Waals surface area contributed by atoms with Crippen LogP contribution in [0.2, 0.25) is 0 Å². The quantitative estimate of drug-likeness (QED) is 0.539. The van der Waals surface area contributed by atoms with Gasteiger partial charge in [-0.1, -0.05) is 36.4 Å². The fraction of sp³-hybridized carbons (Fsp3) is 0.333. The van der Waals surface area contributed by atoms with Crippen LogP contribution >= 0.6 is 0 Å². The van der Waals surface area contributed by atoms with Crippen LogP contribution in [0.1, 0.15) is 29.4 Å². The number of likely N-dealkylation sites (N-methyl/N-ethyl adjacent to an activating group) is 1. The van der Waals surface area contributed by atoms with Gasteiger partial charge < -0.3 is 20.9 Å². The van der Waals surface area contributed by atoms with Crippen LogP contribution in [0, 0.1) is 0 Å². The molecule has 27 heavy (non-hydrogen) atoms. The molecule has 1 aliphatic heterocycles. The number of aromatic nitrogens is 2. The summed E-state index contributed by atoms with van der Waals surface area (Å²) in [5.74, 6) is 0.965. The number of hydrogen-bond donors (Lipinski definition) is 4. The predicted octanol–water partition coefficient (Wildman–Crippen LogP) is 1.89. The molecule has 4 N–H and O–H groups in total. The van der Waals surface area contributed by atoms with Crippen LogP contribution in [0.3, 0.4) is 0 Å². The molecule has 0 saturated carbocycles. The molecule has 0 unspecified atom stereocenters. The molecule has 1 saturated heterocycles. The highest BCUT2D eigenvalue weighted by molar-refractivity contribution is 5.78. The second-order valence-corrected chi connectivity index (χ2v) is 7.13. The summed E-state index contributed by atoms with van der Waals surface area (Å²) >= 11 is 0. The standard InChI is InChI=1S/C21H25N5O/c1-22-13-20(27)24-16-11-19(23-12-16)21-25-17-8-7-15(10-18(17)26-21)9-14-5-3-2-4-6-14/h2-8,10,16,19,22-23H,9,11-13H2,1H3,(H,24,27)(H,25,26)/t16-,19+/m1/s1. The number of rotatable bonds is 6. The number of carbonyl (C=O) groups excluding carboxylic acids is 1. The van der Waals surface area contributed by atoms with E-state index in [9.17, 15) is 4.79 Å². The van der Waals surface area contributed by atoms with Crippen LogP contribution in [0.25, 0.3) is 11.0 Å². The van der Waals surface area contributed by atoms with E-state index in [1.54, 1.807) is 7.05 Å². The van der Waals surface area contributed by atoms with E-state index in [1.165, 1.54) is 11.1 Å². The molecule has 1 aliphatic rings. The lowest BCUT2D eigenvalue weighted by Gasteiger charge is -2.11. The minimum Gasteiger partial charge on any atom is -0.351 e. The third-order valence-electron chi connectivity index (χ3n) is 4.98. The van der Waals surface area contributed by atoms with Crippen LogP contribution in [-0.2, 0) is 11.2 Å². The number of aromatic amines is 1. The Morgan fingerprint density at radius 1 is 1.19 bits per heavy atom. The zero-order valence-electron chi connectivity index (χ0n) is 15.5. The maximum atomic E-state index is 11.7. The van der Waals surface area contributed by atoms with Gasteiger partial charge in [0.05, 0.1) is 23.6 Å². The molecule has 2 aromatic carbocycles. The van der Waals surface area contributed by atoms with Crippen molar-refractivity contribution in [2.24, 2.45) is 0 Å². The van der Waals surface area contributed by atoms with Crippen molar-refractivity contribution in [1.29, 1.82) is 0 Å². The van der Waals surface area contributed by atoms with E-state index in [2.05, 4.69) is 63.4 Å². The molecule has 0 bridgehead atoms. The summed E-state index contributed by atoms with van der Waals surface area (Å²) in [6.07, 6.45) is 1.75. The summed E-state index contributed by atoms with van der Waals surface area (Å²) in [6, 6.07) is 17.1. The van der Waals surface area contributed by atoms with Gasteiger partial charge in [-0.05, 0) is 43.1 Å². The normalized spacial score (nSPS) is 19.4. The van der Waals surface area contributed by atoms with E-state index in [-0.39, 0.29) is 18.0 Å². The topological polar surface area (TPSA) is 81.8 Å². The molecule has 0 radical (unpaired) electrons. The molecule has 6 heteroatoms. The van der Waals surface area contributed by atoms with E-state index in [0.29, 0.717) is 6.54 Å². The van der Waals surface area contributed by atoms with Gasteiger partial charge in [0.2, 0.25) is 5.91 Å². The molecule has 2 heterocycles. The predicted molar refractivity (Wildman–Crippen MR) is 107 cm³/mol. The van der Waals surface area contributed by atoms with Gasteiger partial charge in [0, 0.05) is 12.6 Å². The number of benzene rings is 2. The molecule has 4 rings (SSSR count). The molecule has 0 aliphatic carbocycles. The molecule has 2 atom stereocenters. The van der Waals surface area contributed by atoms with Crippen LogP contribution < -0.4 is 16.0 Å². The van der Waals surface area contributed by atoms with Gasteiger partial charge in [-0.15, -0.1) is 0 Å². The Balaban J connectivity index is 1.45. The Hall–Kier alpha value is -2.70. The van der Waals surface area contributed by atoms with Crippen LogP contribution in [0.5, 0.6) is 0 Å². The first-order chi connectivity index (χ1) is 13.2. The van der Waals surface area contributed by atoms with Gasteiger partial charge in [0.15, 0.2) is 0 Å². The van der Waals surface area contributed by atoms with Crippen molar-refractivity contribution < 1.29 is 4.79 Å². The molecular formula is C21H25N5O. The number of amides is 1. The zero-order chi connectivity index (χ0) is 18.6. The van der Waals surface area contributed by atoms with E-state index in [1.807, 2.05) is 6.07 Å². The first kappa shape index (κ1) is 17.7. The smallest absolute Gasteiger partial charge is 0.234 e. The molecule has 6 nitrogen and oxygen atoms in total. The summed E-state index contributed by atoms with van der Waals surface area (Å²) in [5.41, 5.74) is 4.60. The van der Waals surface area contributed by atoms with Crippen LogP contribution in [0.4, 0.5) is 0 Å². The highest BCUT2D eigenvalue weighted by Gasteiger charge is 2.28. The summed E-state index contributed by atoms with van der Waals surface area (Å²) in [4.78, 5) is 20.0. The fourth-order valence-corrected chi connectivity index (χ4v) is 3.68. The Bertz CT molecular complexity index is 921. The van der Waals surface area contributed by atoms with Crippen molar-refractivity contribution >= 4 is 16.9 Å². The Kier molecular flexibility index (Phi) is 5.18. The number of nitrogens with one attached hydrogen (secondary N) is 4. The van der Waals surface area contributed by atoms with Gasteiger partial charge >= 0.3 is 0 Å². The van der Waals surface area contributed by atoms with Crippen molar-refractivity contribution in [1.82, 2.24) is 25.9 Å². The number of nitrogens with zero attached hydrogens (tertiary/aromatic N) is 1. The lowest BCUT2D eigenvalue weighted by Crippen LogP contribution is -2.40. The minimum atomic E-state index is 0.0279. The van der Waals surface area contributed by atoms with E-state index in [4.69, 9.17) is 4.98 Å². The Morgan fingerprint density at radius 3 is 2.85 bits per heavy atom. The molecule has 1 aromatic heterocycles. The second-order valence-electron chi connectivity index (χ2n) is 7.13. The van der Waals surface area contributed by atoms with Gasteiger partial charge in [0.1, 0.15) is 5.82 Å². The summed E-state index contributed by atoms with van der Waals surface area (Å²) in [7, 11) is 1.77. The van der Waals surface area contributed by atoms with Gasteiger partial charge in [-0.25, -0.2) is 4.98 Å². The average Bonchev–Trinajstić information content (AvgIpc) is 3.29. The summed E-state index contributed by atoms with van der Waals surface area (Å²) < 4.78 is 0. The zero-order valence-corrected chi connectivity index (χ0v) is 15.5. The number of H-pyrrole nitrogens is 1. The lowest BCUT2D eigenvalue weighted by molar-refractivity contribution is -0.120. The monoisotopic (exact) mass is 363 g/mol. The largest absolute Gasteiger partial charge is 0.351 e. The van der Waals surface area contributed by atoms with Crippen molar-refractivity contribution in [2.45, 2.75) is 24.9 Å². The van der Waals surface area contributed by atoms with Gasteiger partial charge in [-0.2, -0.15) is 0 Å². The summed E-state index contributed by atoms with van der Waals surface area (Å²) in [5, 5.41) is 9.37. The van der Waals surface area contributed by atoms with Crippen LogP contribution in [0.15, 0.2) is 48.5 Å². The fourth-order valence-electron chi connectivity index (χ4n) is 3.68. The third-order valence-corrected chi connectivity index (χ3v) is 4.98. The third kappa shape index (κ3) is 4.18. The first-order valence-electron chi connectivity index (χ1n) is 9.41. The summed E-state index contributed by atoms with van der Waals surface area (Å²) in [6.45, 7) is 1.10. The molecule has 0 spiro atoms. The number of hydrogen-bond acceptors (Lipinski definition) is 4. The van der Waals surface area contributed by atoms with Gasteiger partial charge in [0.25, 0.3) is 0 Å². The number of carbonyl (C=O) groups is 1. The van der Waals surface area contributed by atoms with Crippen molar-refractivity contribution in [3.8, 4) is 0 Å². The molecule has 3 aromatic rings. The van der Waals surface area contributed by atoms with Crippen molar-refractivity contribution in [3.05, 3.63) is 65.5 Å². The van der Waals surface area contributed by atoms with Crippen molar-refractivity contribution in [2.75, 3.05) is 20.1 Å². The SMILES string of the molecule is CNCC(=O)N[C@H]1CN[C@H](c2nc3ccc(Cc4ccccc4)cc3[nH]2)C1.